The standard InChI is InChI=1S/C40H34Cl2F5N3O7/c1-56-24-14-20(51)15-25(57-2)27(24)28-21-8-9-22-26(36(53)49(35(22)52)19-10-12-48(13-11-19)17-18-6-4-3-5-7-18)23(21)16-39(41)37(54)50(38(55)40(28,39)42)34-32(46)30(44)29(43)31(45)33(34)47/h3-8,14-15,19,22-23,26,28,51H,9-13,16-17H2,1-2H3/t22-,23+,26-,28+,39+,40-/m0/s1. The molecule has 0 spiro atoms. The number of imide groups is 2. The normalized spacial score (nSPS) is 29.0. The second-order valence-corrected chi connectivity index (χ2v) is 16.2. The third kappa shape index (κ3) is 5.51. The molecule has 1 saturated carbocycles. The molecule has 3 saturated heterocycles. The maximum absolute atomic E-state index is 15.4. The van der Waals surface area contributed by atoms with Crippen molar-refractivity contribution in [3.63, 3.8) is 0 Å². The lowest BCUT2D eigenvalue weighted by atomic mass is 9.56. The first-order chi connectivity index (χ1) is 27.1. The monoisotopic (exact) mass is 833 g/mol. The maximum Gasteiger partial charge on any atom is 0.258 e. The average Bonchev–Trinajstić information content (AvgIpc) is 3.54. The summed E-state index contributed by atoms with van der Waals surface area (Å²) in [6.45, 7) is 1.89. The number of aromatic hydroxyl groups is 1. The first-order valence-electron chi connectivity index (χ1n) is 18.2. The zero-order chi connectivity index (χ0) is 40.9. The third-order valence-electron chi connectivity index (χ3n) is 12.2. The van der Waals surface area contributed by atoms with Gasteiger partial charge in [0.2, 0.25) is 17.6 Å². The van der Waals surface area contributed by atoms with Crippen LogP contribution < -0.4 is 14.4 Å². The minimum atomic E-state index is -2.80. The lowest BCUT2D eigenvalue weighted by Crippen LogP contribution is -2.60. The molecule has 1 N–H and O–H groups in total. The lowest BCUT2D eigenvalue weighted by molar-refractivity contribution is -0.144. The molecule has 3 aromatic carbocycles. The van der Waals surface area contributed by atoms with Gasteiger partial charge >= 0.3 is 0 Å². The Balaban J connectivity index is 1.23. The topological polar surface area (TPSA) is 117 Å². The molecule has 0 unspecified atom stereocenters. The van der Waals surface area contributed by atoms with E-state index < -0.39 is 104 Å². The molecule has 300 valence electrons. The number of benzene rings is 3. The Hall–Kier alpha value is -4.73. The highest BCUT2D eigenvalue weighted by Gasteiger charge is 2.77. The summed E-state index contributed by atoms with van der Waals surface area (Å²) in [4.78, 5) is 55.8. The van der Waals surface area contributed by atoms with Crippen LogP contribution in [0, 0.1) is 46.8 Å². The molecule has 0 aromatic heterocycles. The fraction of sp³-hybridized carbons (Fsp3) is 0.400. The molecule has 10 nitrogen and oxygen atoms in total. The van der Waals surface area contributed by atoms with Crippen LogP contribution in [0.4, 0.5) is 27.6 Å². The van der Waals surface area contributed by atoms with Gasteiger partial charge in [0, 0.05) is 49.3 Å². The highest BCUT2D eigenvalue weighted by atomic mass is 35.5. The number of allylic oxidation sites excluding steroid dienone is 2. The molecular weight excluding hydrogens is 800 g/mol. The first kappa shape index (κ1) is 39.1. The fourth-order valence-corrected chi connectivity index (χ4v) is 10.6. The van der Waals surface area contributed by atoms with Crippen molar-refractivity contribution in [2.24, 2.45) is 17.8 Å². The summed E-state index contributed by atoms with van der Waals surface area (Å²) in [6, 6.07) is 11.7. The van der Waals surface area contributed by atoms with E-state index in [1.807, 2.05) is 30.3 Å². The highest BCUT2D eigenvalue weighted by molar-refractivity contribution is 6.58. The van der Waals surface area contributed by atoms with Crippen LogP contribution in [0.15, 0.2) is 54.1 Å². The summed E-state index contributed by atoms with van der Waals surface area (Å²) < 4.78 is 85.4. The minimum Gasteiger partial charge on any atom is -0.508 e. The van der Waals surface area contributed by atoms with E-state index in [2.05, 4.69) is 4.90 Å². The molecular formula is C40H34Cl2F5N3O7. The SMILES string of the molecule is COc1cc(O)cc(OC)c1[C@H]1C2=CC[C@@H]3C(=O)N(C4CCN(Cc5ccccc5)CC4)C(=O)[C@@H]3[C@@H]2C[C@@]2(Cl)C(=O)N(c3c(F)c(F)c(F)c(F)c3F)C(=O)[C@@]12Cl. The Labute approximate surface area is 332 Å². The van der Waals surface area contributed by atoms with E-state index in [0.29, 0.717) is 32.5 Å². The van der Waals surface area contributed by atoms with Crippen LogP contribution in [-0.4, -0.2) is 81.6 Å². The summed E-state index contributed by atoms with van der Waals surface area (Å²) >= 11 is 14.6. The van der Waals surface area contributed by atoms with Crippen LogP contribution in [0.5, 0.6) is 17.2 Å². The summed E-state index contributed by atoms with van der Waals surface area (Å²) in [5.74, 6) is -22.0. The van der Waals surface area contributed by atoms with Gasteiger partial charge in [0.05, 0.1) is 26.1 Å². The number of phenolic OH excluding ortho intramolecular Hbond substituents is 1. The van der Waals surface area contributed by atoms with E-state index in [9.17, 15) is 37.5 Å². The summed E-state index contributed by atoms with van der Waals surface area (Å²) in [6.07, 6.45) is 1.91. The number of amides is 4. The number of halogens is 7. The number of carbonyl (C=O) groups is 4. The van der Waals surface area contributed by atoms with Crippen molar-refractivity contribution in [1.82, 2.24) is 9.80 Å². The number of piperidine rings is 1. The lowest BCUT2D eigenvalue weighted by Gasteiger charge is -2.51. The number of carbonyl (C=O) groups excluding carboxylic acids is 4. The number of nitrogens with zero attached hydrogens (tertiary/aromatic N) is 3. The number of anilines is 1. The predicted octanol–water partition coefficient (Wildman–Crippen LogP) is 6.33. The second-order valence-electron chi connectivity index (χ2n) is 15.0. The molecule has 3 aromatic rings. The van der Waals surface area contributed by atoms with Gasteiger partial charge < -0.3 is 14.6 Å². The molecule has 6 atom stereocenters. The molecule has 4 fully saturated rings. The number of likely N-dealkylation sites (tertiary alicyclic amines) is 2. The zero-order valence-electron chi connectivity index (χ0n) is 30.3. The molecule has 8 rings (SSSR count). The summed E-state index contributed by atoms with van der Waals surface area (Å²) in [5.41, 5.74) is -0.615. The number of methoxy groups -OCH3 is 2. The van der Waals surface area contributed by atoms with Crippen LogP contribution >= 0.6 is 23.2 Å². The Morgan fingerprint density at radius 2 is 1.39 bits per heavy atom. The number of fused-ring (bicyclic) bond motifs is 4. The molecule has 57 heavy (non-hydrogen) atoms. The molecule has 0 radical (unpaired) electrons. The van der Waals surface area contributed by atoms with Gasteiger partial charge in [-0.1, -0.05) is 42.0 Å². The molecule has 5 aliphatic rings. The van der Waals surface area contributed by atoms with E-state index in [1.165, 1.54) is 19.1 Å². The largest absolute Gasteiger partial charge is 0.508 e. The van der Waals surface area contributed by atoms with Gasteiger partial charge in [-0.15, -0.1) is 23.2 Å². The molecule has 0 bridgehead atoms. The van der Waals surface area contributed by atoms with Crippen LogP contribution in [0.1, 0.15) is 42.7 Å². The van der Waals surface area contributed by atoms with Gasteiger partial charge in [-0.3, -0.25) is 29.0 Å². The van der Waals surface area contributed by atoms with Crippen molar-refractivity contribution in [3.05, 3.63) is 94.3 Å². The molecule has 3 heterocycles. The average molecular weight is 835 g/mol. The number of hydrogen-bond acceptors (Lipinski definition) is 8. The maximum atomic E-state index is 15.4. The smallest absolute Gasteiger partial charge is 0.258 e. The van der Waals surface area contributed by atoms with Gasteiger partial charge in [-0.25, -0.2) is 26.9 Å². The minimum absolute atomic E-state index is 0.0185. The second kappa shape index (κ2) is 14.0. The van der Waals surface area contributed by atoms with Gasteiger partial charge in [0.1, 0.15) is 22.9 Å². The molecule has 3 aliphatic heterocycles. The zero-order valence-corrected chi connectivity index (χ0v) is 31.9. The van der Waals surface area contributed by atoms with Crippen LogP contribution in [0.25, 0.3) is 0 Å². The van der Waals surface area contributed by atoms with Gasteiger partial charge in [-0.05, 0) is 37.2 Å². The molecule has 4 amide bonds. The van der Waals surface area contributed by atoms with Crippen molar-refractivity contribution in [3.8, 4) is 17.2 Å². The van der Waals surface area contributed by atoms with E-state index in [1.54, 1.807) is 6.08 Å². The van der Waals surface area contributed by atoms with Crippen molar-refractivity contribution < 1.29 is 55.7 Å². The fourth-order valence-electron chi connectivity index (χ4n) is 9.66. The van der Waals surface area contributed by atoms with Gasteiger partial charge in [0.25, 0.3) is 11.8 Å². The Morgan fingerprint density at radius 1 is 0.807 bits per heavy atom. The van der Waals surface area contributed by atoms with Crippen molar-refractivity contribution >= 4 is 52.5 Å². The highest BCUT2D eigenvalue weighted by Crippen LogP contribution is 2.68. The van der Waals surface area contributed by atoms with Crippen molar-refractivity contribution in [2.45, 2.75) is 53.9 Å². The van der Waals surface area contributed by atoms with Crippen LogP contribution in [0.2, 0.25) is 0 Å². The van der Waals surface area contributed by atoms with Crippen molar-refractivity contribution in [2.75, 3.05) is 32.2 Å². The van der Waals surface area contributed by atoms with Crippen LogP contribution in [-0.2, 0) is 25.7 Å². The Morgan fingerprint density at radius 3 is 1.96 bits per heavy atom. The quantitative estimate of drug-likeness (QED) is 0.0734. The number of phenols is 1. The molecule has 2 aliphatic carbocycles. The Bertz CT molecular complexity index is 2220. The molecule has 17 heteroatoms. The number of hydrogen-bond donors (Lipinski definition) is 1. The first-order valence-corrected chi connectivity index (χ1v) is 18.9. The number of rotatable bonds is 7. The Kier molecular flexibility index (Phi) is 9.59. The number of ether oxygens (including phenoxy) is 2. The van der Waals surface area contributed by atoms with E-state index in [-0.39, 0.29) is 39.7 Å². The van der Waals surface area contributed by atoms with Gasteiger partial charge in [0.15, 0.2) is 33.0 Å². The summed E-state index contributed by atoms with van der Waals surface area (Å²) in [7, 11) is 2.42. The summed E-state index contributed by atoms with van der Waals surface area (Å²) in [5, 5.41) is 10.5. The number of alkyl halides is 2. The van der Waals surface area contributed by atoms with Crippen LogP contribution in [0.3, 0.4) is 0 Å². The van der Waals surface area contributed by atoms with E-state index in [4.69, 9.17) is 32.7 Å². The predicted molar refractivity (Wildman–Crippen MR) is 194 cm³/mol. The van der Waals surface area contributed by atoms with Crippen molar-refractivity contribution in [1.29, 1.82) is 0 Å². The third-order valence-corrected chi connectivity index (χ3v) is 13.7. The van der Waals surface area contributed by atoms with E-state index in [0.717, 1.165) is 17.7 Å². The van der Waals surface area contributed by atoms with E-state index >= 15 is 8.78 Å². The van der Waals surface area contributed by atoms with Gasteiger partial charge in [-0.2, -0.15) is 0 Å².